The Kier molecular flexibility index (Phi) is 2.28. The molecule has 0 aliphatic rings. The summed E-state index contributed by atoms with van der Waals surface area (Å²) in [6.45, 7) is 1.65. The highest BCUT2D eigenvalue weighted by Crippen LogP contribution is 2.19. The highest BCUT2D eigenvalue weighted by atomic mass is 35.5. The fourth-order valence-corrected chi connectivity index (χ4v) is 1.15. The Morgan fingerprint density at radius 2 is 1.73 bits per heavy atom. The number of nitrogens with zero attached hydrogens (tertiary/aromatic N) is 3. The number of hydrogen-bond acceptors (Lipinski definition) is 3. The Morgan fingerprint density at radius 3 is 2.09 bits per heavy atom. The van der Waals surface area contributed by atoms with Crippen LogP contribution in [-0.2, 0) is 0 Å². The quantitative estimate of drug-likeness (QED) is 0.584. The molecule has 56 valence electrons. The number of aryl methyl sites for hydroxylation is 1. The average Bonchev–Trinajstić information content (AvgIpc) is 1.85. The lowest BCUT2D eigenvalue weighted by Crippen LogP contribution is -1.92. The minimum Gasteiger partial charge on any atom is -0.220 e. The molecule has 11 heavy (non-hydrogen) atoms. The van der Waals surface area contributed by atoms with Crippen LogP contribution >= 0.6 is 23.2 Å². The van der Waals surface area contributed by atoms with Crippen molar-refractivity contribution in [2.45, 2.75) is 6.92 Å². The Morgan fingerprint density at radius 1 is 1.27 bits per heavy atom. The van der Waals surface area contributed by atoms with Gasteiger partial charge in [-0.25, -0.2) is 9.97 Å². The SMILES string of the molecule is Cc1nc(Cl)c(C#N)c(Cl)n1. The summed E-state index contributed by atoms with van der Waals surface area (Å²) in [5, 5.41) is 8.69. The maximum Gasteiger partial charge on any atom is 0.152 e. The zero-order valence-corrected chi connectivity index (χ0v) is 7.11. The lowest BCUT2D eigenvalue weighted by molar-refractivity contribution is 1.04. The smallest absolute Gasteiger partial charge is 0.152 e. The van der Waals surface area contributed by atoms with Crippen LogP contribution in [-0.4, -0.2) is 9.97 Å². The van der Waals surface area contributed by atoms with Crippen LogP contribution in [0.1, 0.15) is 11.4 Å². The minimum absolute atomic E-state index is 0.102. The maximum absolute atomic E-state index is 8.49. The molecule has 5 heteroatoms. The molecule has 0 unspecified atom stereocenters. The van der Waals surface area contributed by atoms with Crippen molar-refractivity contribution in [3.05, 3.63) is 21.7 Å². The lowest BCUT2D eigenvalue weighted by atomic mass is 10.4. The maximum atomic E-state index is 8.49. The predicted octanol–water partition coefficient (Wildman–Crippen LogP) is 1.96. The molecular formula is C6H3Cl2N3. The van der Waals surface area contributed by atoms with E-state index in [-0.39, 0.29) is 15.9 Å². The van der Waals surface area contributed by atoms with Crippen molar-refractivity contribution in [1.82, 2.24) is 9.97 Å². The Balaban J connectivity index is 3.40. The Hall–Kier alpha value is -0.850. The van der Waals surface area contributed by atoms with Gasteiger partial charge in [0.25, 0.3) is 0 Å². The van der Waals surface area contributed by atoms with Gasteiger partial charge in [0.05, 0.1) is 0 Å². The molecule has 0 fully saturated rings. The highest BCUT2D eigenvalue weighted by Gasteiger charge is 2.07. The summed E-state index contributed by atoms with van der Waals surface area (Å²) in [5.74, 6) is 0.457. The van der Waals surface area contributed by atoms with Crippen LogP contribution < -0.4 is 0 Å². The normalized spacial score (nSPS) is 9.27. The van der Waals surface area contributed by atoms with Crippen molar-refractivity contribution in [3.63, 3.8) is 0 Å². The van der Waals surface area contributed by atoms with E-state index < -0.39 is 0 Å². The third kappa shape index (κ3) is 1.59. The average molecular weight is 188 g/mol. The first-order chi connectivity index (χ1) is 5.15. The molecular weight excluding hydrogens is 185 g/mol. The second-order valence-electron chi connectivity index (χ2n) is 1.84. The van der Waals surface area contributed by atoms with Gasteiger partial charge in [-0.3, -0.25) is 0 Å². The molecule has 0 aliphatic heterocycles. The lowest BCUT2D eigenvalue weighted by Gasteiger charge is -1.96. The van der Waals surface area contributed by atoms with E-state index in [9.17, 15) is 0 Å². The van der Waals surface area contributed by atoms with Crippen molar-refractivity contribution in [2.24, 2.45) is 0 Å². The Labute approximate surface area is 73.6 Å². The summed E-state index contributed by atoms with van der Waals surface area (Å²) in [4.78, 5) is 7.51. The first-order valence-electron chi connectivity index (χ1n) is 2.75. The number of halogens is 2. The summed E-state index contributed by atoms with van der Waals surface area (Å²) in [6, 6.07) is 1.80. The fraction of sp³-hybridized carbons (Fsp3) is 0.167. The molecule has 0 saturated carbocycles. The van der Waals surface area contributed by atoms with Gasteiger partial charge in [-0.05, 0) is 6.92 Å². The topological polar surface area (TPSA) is 49.6 Å². The molecule has 0 saturated heterocycles. The summed E-state index contributed by atoms with van der Waals surface area (Å²) in [5.41, 5.74) is 0.124. The fourth-order valence-electron chi connectivity index (χ4n) is 0.598. The number of nitriles is 1. The molecule has 1 heterocycles. The van der Waals surface area contributed by atoms with Gasteiger partial charge in [-0.15, -0.1) is 0 Å². The molecule has 0 radical (unpaired) electrons. The molecule has 0 amide bonds. The van der Waals surface area contributed by atoms with Crippen LogP contribution in [0.15, 0.2) is 0 Å². The zero-order chi connectivity index (χ0) is 8.43. The van der Waals surface area contributed by atoms with E-state index in [4.69, 9.17) is 28.5 Å². The number of aromatic nitrogens is 2. The highest BCUT2D eigenvalue weighted by molar-refractivity contribution is 6.35. The van der Waals surface area contributed by atoms with Gasteiger partial charge in [-0.2, -0.15) is 5.26 Å². The third-order valence-electron chi connectivity index (χ3n) is 1.04. The van der Waals surface area contributed by atoms with E-state index in [2.05, 4.69) is 9.97 Å². The standard InChI is InChI=1S/C6H3Cl2N3/c1-3-10-5(7)4(2-9)6(8)11-3/h1H3. The predicted molar refractivity (Wildman–Crippen MR) is 41.5 cm³/mol. The third-order valence-corrected chi connectivity index (χ3v) is 1.59. The van der Waals surface area contributed by atoms with E-state index in [0.29, 0.717) is 5.82 Å². The van der Waals surface area contributed by atoms with Gasteiger partial charge in [0.1, 0.15) is 17.5 Å². The number of hydrogen-bond donors (Lipinski definition) is 0. The summed E-state index contributed by atoms with van der Waals surface area (Å²) in [7, 11) is 0. The summed E-state index contributed by atoms with van der Waals surface area (Å²) in [6.07, 6.45) is 0. The van der Waals surface area contributed by atoms with E-state index in [1.807, 2.05) is 0 Å². The molecule has 0 N–H and O–H groups in total. The molecule has 1 aromatic heterocycles. The minimum atomic E-state index is 0.102. The molecule has 1 rings (SSSR count). The van der Waals surface area contributed by atoms with Crippen LogP contribution in [0.3, 0.4) is 0 Å². The monoisotopic (exact) mass is 187 g/mol. The molecule has 1 aromatic rings. The van der Waals surface area contributed by atoms with Crippen LogP contribution in [0.2, 0.25) is 10.3 Å². The first-order valence-corrected chi connectivity index (χ1v) is 3.50. The van der Waals surface area contributed by atoms with E-state index >= 15 is 0 Å². The van der Waals surface area contributed by atoms with Crippen molar-refractivity contribution in [1.29, 1.82) is 5.26 Å². The van der Waals surface area contributed by atoms with Gasteiger partial charge in [0, 0.05) is 0 Å². The largest absolute Gasteiger partial charge is 0.220 e. The molecule has 0 spiro atoms. The van der Waals surface area contributed by atoms with Gasteiger partial charge >= 0.3 is 0 Å². The molecule has 0 aliphatic carbocycles. The summed E-state index contributed by atoms with van der Waals surface area (Å²) >= 11 is 11.2. The number of rotatable bonds is 0. The molecule has 0 atom stereocenters. The second kappa shape index (κ2) is 3.04. The molecule has 0 aromatic carbocycles. The van der Waals surface area contributed by atoms with Crippen LogP contribution in [0.25, 0.3) is 0 Å². The van der Waals surface area contributed by atoms with E-state index in [1.54, 1.807) is 13.0 Å². The van der Waals surface area contributed by atoms with Gasteiger partial charge in [0.15, 0.2) is 10.3 Å². The van der Waals surface area contributed by atoms with Crippen LogP contribution in [0.5, 0.6) is 0 Å². The van der Waals surface area contributed by atoms with Crippen molar-refractivity contribution >= 4 is 23.2 Å². The van der Waals surface area contributed by atoms with Crippen LogP contribution in [0.4, 0.5) is 0 Å². The first kappa shape index (κ1) is 8.25. The second-order valence-corrected chi connectivity index (χ2v) is 2.56. The van der Waals surface area contributed by atoms with Crippen molar-refractivity contribution < 1.29 is 0 Å². The zero-order valence-electron chi connectivity index (χ0n) is 5.60. The van der Waals surface area contributed by atoms with E-state index in [1.165, 1.54) is 0 Å². The van der Waals surface area contributed by atoms with Gasteiger partial charge in [0.2, 0.25) is 0 Å². The van der Waals surface area contributed by atoms with Gasteiger partial charge < -0.3 is 0 Å². The molecule has 0 bridgehead atoms. The van der Waals surface area contributed by atoms with Crippen LogP contribution in [0, 0.1) is 18.3 Å². The van der Waals surface area contributed by atoms with Gasteiger partial charge in [-0.1, -0.05) is 23.2 Å². The Bertz CT molecular complexity index is 306. The van der Waals surface area contributed by atoms with Crippen molar-refractivity contribution in [2.75, 3.05) is 0 Å². The van der Waals surface area contributed by atoms with Crippen molar-refractivity contribution in [3.8, 4) is 6.07 Å². The molecule has 3 nitrogen and oxygen atoms in total. The summed E-state index contributed by atoms with van der Waals surface area (Å²) < 4.78 is 0. The van der Waals surface area contributed by atoms with E-state index in [0.717, 1.165) is 0 Å².